The van der Waals surface area contributed by atoms with Gasteiger partial charge in [0.25, 0.3) is 5.91 Å². The van der Waals surface area contributed by atoms with Crippen molar-refractivity contribution in [3.05, 3.63) is 63.9 Å². The number of amides is 1. The lowest BCUT2D eigenvalue weighted by Crippen LogP contribution is -2.14. The molecule has 0 aliphatic heterocycles. The van der Waals surface area contributed by atoms with E-state index in [1.54, 1.807) is 31.3 Å². The van der Waals surface area contributed by atoms with Crippen molar-refractivity contribution >= 4 is 39.1 Å². The Labute approximate surface area is 190 Å². The molecule has 0 radical (unpaired) electrons. The molecule has 11 heteroatoms. The third-order valence-electron chi connectivity index (χ3n) is 3.84. The molecule has 0 aliphatic rings. The minimum Gasteiger partial charge on any atom is -0.490 e. The van der Waals surface area contributed by atoms with E-state index in [2.05, 4.69) is 31.1 Å². The van der Waals surface area contributed by atoms with E-state index < -0.39 is 12.5 Å². The molecule has 1 N–H and O–H groups in total. The fourth-order valence-electron chi connectivity index (χ4n) is 2.53. The topological polar surface area (TPSA) is 74.6 Å². The van der Waals surface area contributed by atoms with Gasteiger partial charge in [-0.15, -0.1) is 0 Å². The molecule has 7 nitrogen and oxygen atoms in total. The highest BCUT2D eigenvalue weighted by atomic mass is 79.9. The highest BCUT2D eigenvalue weighted by Crippen LogP contribution is 2.32. The zero-order valence-electron chi connectivity index (χ0n) is 16.1. The van der Waals surface area contributed by atoms with Gasteiger partial charge in [0.1, 0.15) is 5.75 Å². The molecule has 0 bridgehead atoms. The number of alkyl halides is 2. The van der Waals surface area contributed by atoms with E-state index in [9.17, 15) is 13.6 Å². The lowest BCUT2D eigenvalue weighted by Gasteiger charge is -2.13. The smallest absolute Gasteiger partial charge is 0.387 e. The second kappa shape index (κ2) is 10.5. The van der Waals surface area contributed by atoms with E-state index >= 15 is 0 Å². The Hall–Kier alpha value is -2.85. The molecule has 3 rings (SSSR count). The van der Waals surface area contributed by atoms with Crippen LogP contribution >= 0.6 is 27.5 Å². The minimum atomic E-state index is -2.99. The molecule has 1 aromatic heterocycles. The van der Waals surface area contributed by atoms with Gasteiger partial charge >= 0.3 is 6.61 Å². The quantitative estimate of drug-likeness (QED) is 0.401. The van der Waals surface area contributed by atoms with Crippen molar-refractivity contribution in [3.8, 4) is 17.2 Å². The molecule has 31 heavy (non-hydrogen) atoms. The van der Waals surface area contributed by atoms with Crippen LogP contribution in [-0.2, 0) is 6.73 Å². The molecule has 1 amide bonds. The Morgan fingerprint density at radius 3 is 2.65 bits per heavy atom. The number of ether oxygens (including phenoxy) is 3. The Balaban J connectivity index is 1.64. The van der Waals surface area contributed by atoms with E-state index in [4.69, 9.17) is 21.1 Å². The van der Waals surface area contributed by atoms with Gasteiger partial charge in [0.05, 0.1) is 11.6 Å². The molecule has 164 valence electrons. The summed E-state index contributed by atoms with van der Waals surface area (Å²) in [6.45, 7) is -1.00. The van der Waals surface area contributed by atoms with Gasteiger partial charge in [0.2, 0.25) is 0 Å². The van der Waals surface area contributed by atoms with E-state index in [-0.39, 0.29) is 30.5 Å². The zero-order chi connectivity index (χ0) is 22.4. The summed E-state index contributed by atoms with van der Waals surface area (Å²) in [5.74, 6) is -0.0555. The average molecular weight is 517 g/mol. The van der Waals surface area contributed by atoms with Crippen LogP contribution in [0.4, 0.5) is 14.5 Å². The molecule has 2 aromatic carbocycles. The minimum absolute atomic E-state index is 0.0444. The maximum atomic E-state index is 12.5. The number of anilines is 1. The Morgan fingerprint density at radius 1 is 1.16 bits per heavy atom. The van der Waals surface area contributed by atoms with Crippen LogP contribution in [0.2, 0.25) is 5.02 Å². The number of hydrogen-bond donors (Lipinski definition) is 1. The van der Waals surface area contributed by atoms with E-state index in [1.807, 2.05) is 0 Å². The van der Waals surface area contributed by atoms with Crippen molar-refractivity contribution < 1.29 is 27.8 Å². The fourth-order valence-corrected chi connectivity index (χ4v) is 3.25. The predicted octanol–water partition coefficient (Wildman–Crippen LogP) is 5.59. The summed E-state index contributed by atoms with van der Waals surface area (Å²) in [4.78, 5) is 12.5. The van der Waals surface area contributed by atoms with Gasteiger partial charge in [-0.3, -0.25) is 4.79 Å². The number of nitrogens with one attached hydrogen (secondary N) is 1. The molecule has 0 atom stereocenters. The molecule has 0 fully saturated rings. The lowest BCUT2D eigenvalue weighted by atomic mass is 10.2. The lowest BCUT2D eigenvalue weighted by molar-refractivity contribution is -0.0514. The number of aromatic nitrogens is 2. The van der Waals surface area contributed by atoms with Crippen LogP contribution < -0.4 is 19.5 Å². The first kappa shape index (κ1) is 22.8. The van der Waals surface area contributed by atoms with Gasteiger partial charge in [-0.1, -0.05) is 27.5 Å². The highest BCUT2D eigenvalue weighted by molar-refractivity contribution is 9.10. The Morgan fingerprint density at radius 2 is 1.94 bits per heavy atom. The van der Waals surface area contributed by atoms with Crippen molar-refractivity contribution in [1.82, 2.24) is 9.78 Å². The van der Waals surface area contributed by atoms with Gasteiger partial charge in [-0.05, 0) is 43.3 Å². The zero-order valence-corrected chi connectivity index (χ0v) is 18.5. The summed E-state index contributed by atoms with van der Waals surface area (Å²) in [6, 6.07) is 10.8. The van der Waals surface area contributed by atoms with E-state index in [1.165, 1.54) is 28.9 Å². The third kappa shape index (κ3) is 6.31. The van der Waals surface area contributed by atoms with Gasteiger partial charge in [0, 0.05) is 22.4 Å². The average Bonchev–Trinajstić information content (AvgIpc) is 3.18. The molecule has 1 heterocycles. The van der Waals surface area contributed by atoms with Gasteiger partial charge in [-0.2, -0.15) is 13.9 Å². The Kier molecular flexibility index (Phi) is 7.69. The maximum absolute atomic E-state index is 12.5. The second-order valence-corrected chi connectivity index (χ2v) is 7.34. The van der Waals surface area contributed by atoms with E-state index in [0.717, 1.165) is 4.47 Å². The van der Waals surface area contributed by atoms with E-state index in [0.29, 0.717) is 16.5 Å². The van der Waals surface area contributed by atoms with Crippen LogP contribution in [0.3, 0.4) is 0 Å². The van der Waals surface area contributed by atoms with Crippen LogP contribution in [-0.4, -0.2) is 28.9 Å². The predicted molar refractivity (Wildman–Crippen MR) is 114 cm³/mol. The molecule has 0 saturated heterocycles. The number of carbonyl (C=O) groups excluding carboxylic acids is 1. The molecule has 0 spiro atoms. The number of hydrogen-bond acceptors (Lipinski definition) is 5. The first-order chi connectivity index (χ1) is 14.9. The second-order valence-electron chi connectivity index (χ2n) is 6.02. The number of halogens is 4. The van der Waals surface area contributed by atoms with Crippen LogP contribution in [0.25, 0.3) is 0 Å². The summed E-state index contributed by atoms with van der Waals surface area (Å²) in [7, 11) is 0. The van der Waals surface area contributed by atoms with Gasteiger partial charge in [0.15, 0.2) is 23.9 Å². The maximum Gasteiger partial charge on any atom is 0.387 e. The summed E-state index contributed by atoms with van der Waals surface area (Å²) in [5, 5.41) is 7.23. The molecule has 0 unspecified atom stereocenters. The molecule has 0 aliphatic carbocycles. The van der Waals surface area contributed by atoms with Crippen molar-refractivity contribution in [1.29, 1.82) is 0 Å². The molecule has 0 saturated carbocycles. The molecular formula is C20H17BrClF2N3O4. The Bertz CT molecular complexity index is 1060. The van der Waals surface area contributed by atoms with Crippen molar-refractivity contribution in [2.45, 2.75) is 20.3 Å². The van der Waals surface area contributed by atoms with Crippen molar-refractivity contribution in [2.75, 3.05) is 11.9 Å². The SMILES string of the molecule is CCOc1cc(NC(=O)c2ccn(COc3ccc(Br)cc3Cl)n2)ccc1OC(F)F. The monoisotopic (exact) mass is 515 g/mol. The van der Waals surface area contributed by atoms with Crippen LogP contribution in [0.15, 0.2) is 53.1 Å². The fraction of sp³-hybridized carbons (Fsp3) is 0.200. The standard InChI is InChI=1S/C20H17BrClF2N3O4/c1-2-29-18-10-13(4-6-17(18)31-20(23)24)25-19(28)15-7-8-27(26-15)11-30-16-5-3-12(21)9-14(16)22/h3-10,20H,2,11H2,1H3,(H,25,28). The van der Waals surface area contributed by atoms with Crippen LogP contribution in [0.1, 0.15) is 17.4 Å². The molecule has 3 aromatic rings. The number of carbonyl (C=O) groups is 1. The normalized spacial score (nSPS) is 10.8. The summed E-state index contributed by atoms with van der Waals surface area (Å²) in [5.41, 5.74) is 0.471. The first-order valence-corrected chi connectivity index (χ1v) is 10.2. The third-order valence-corrected chi connectivity index (χ3v) is 4.63. The van der Waals surface area contributed by atoms with Gasteiger partial charge in [-0.25, -0.2) is 4.68 Å². The largest absolute Gasteiger partial charge is 0.490 e. The number of nitrogens with zero attached hydrogens (tertiary/aromatic N) is 2. The summed E-state index contributed by atoms with van der Waals surface area (Å²) in [6.07, 6.45) is 1.58. The molecular weight excluding hydrogens is 500 g/mol. The number of rotatable bonds is 9. The highest BCUT2D eigenvalue weighted by Gasteiger charge is 2.15. The van der Waals surface area contributed by atoms with Crippen molar-refractivity contribution in [2.24, 2.45) is 0 Å². The van der Waals surface area contributed by atoms with Crippen molar-refractivity contribution in [3.63, 3.8) is 0 Å². The number of benzene rings is 2. The first-order valence-electron chi connectivity index (χ1n) is 9.00. The van der Waals surface area contributed by atoms with Gasteiger partial charge < -0.3 is 19.5 Å². The van der Waals surface area contributed by atoms with Crippen LogP contribution in [0.5, 0.6) is 17.2 Å². The summed E-state index contributed by atoms with van der Waals surface area (Å²) >= 11 is 9.42. The summed E-state index contributed by atoms with van der Waals surface area (Å²) < 4.78 is 42.6. The van der Waals surface area contributed by atoms with Crippen LogP contribution in [0, 0.1) is 0 Å².